The third-order valence-corrected chi connectivity index (χ3v) is 6.31. The smallest absolute Gasteiger partial charge is 0.341 e. The molecule has 1 aliphatic rings. The quantitative estimate of drug-likeness (QED) is 0.180. The molecule has 0 atom stereocenters. The molecule has 0 aliphatic heterocycles. The molecule has 208 valence electrons. The van der Waals surface area contributed by atoms with Crippen molar-refractivity contribution < 1.29 is 29.0 Å². The number of aliphatic carboxylic acids is 1. The zero-order valence-corrected chi connectivity index (χ0v) is 22.3. The second-order valence-electron chi connectivity index (χ2n) is 9.23. The van der Waals surface area contributed by atoms with Crippen molar-refractivity contribution in [2.45, 2.75) is 19.4 Å². The van der Waals surface area contributed by atoms with Gasteiger partial charge in [-0.15, -0.1) is 0 Å². The van der Waals surface area contributed by atoms with Crippen LogP contribution in [0.15, 0.2) is 60.7 Å². The summed E-state index contributed by atoms with van der Waals surface area (Å²) in [6.07, 6.45) is 3.43. The minimum absolute atomic E-state index is 0.149. The highest BCUT2D eigenvalue weighted by Gasteiger charge is 2.22. The Balaban J connectivity index is 1.49. The first-order valence-electron chi connectivity index (χ1n) is 12.6. The van der Waals surface area contributed by atoms with Gasteiger partial charge in [-0.05, 0) is 60.7 Å². The van der Waals surface area contributed by atoms with Gasteiger partial charge < -0.3 is 35.9 Å². The number of carboxylic acid groups (broad SMARTS) is 1. The van der Waals surface area contributed by atoms with Gasteiger partial charge in [0.2, 0.25) is 0 Å². The van der Waals surface area contributed by atoms with Crippen LogP contribution in [0.25, 0.3) is 0 Å². The number of hydrogen-bond donors (Lipinski definition) is 5. The molecule has 1 fully saturated rings. The summed E-state index contributed by atoms with van der Waals surface area (Å²) in [5.74, 6) is -0.905. The molecule has 11 heteroatoms. The number of hydrogen-bond acceptors (Lipinski definition) is 7. The third kappa shape index (κ3) is 8.21. The molecule has 5 N–H and O–H groups in total. The lowest BCUT2D eigenvalue weighted by molar-refractivity contribution is -0.139. The third-order valence-electron chi connectivity index (χ3n) is 6.07. The van der Waals surface area contributed by atoms with Gasteiger partial charge in [0.25, 0.3) is 11.8 Å². The fourth-order valence-electron chi connectivity index (χ4n) is 3.80. The van der Waals surface area contributed by atoms with Gasteiger partial charge in [0.05, 0.1) is 5.56 Å². The summed E-state index contributed by atoms with van der Waals surface area (Å²) in [5.41, 5.74) is 2.58. The molecular formula is C29H29ClN4O6. The predicted octanol–water partition coefficient (Wildman–Crippen LogP) is 4.57. The lowest BCUT2D eigenvalue weighted by Gasteiger charge is -2.17. The number of ether oxygens (including phenoxy) is 2. The van der Waals surface area contributed by atoms with Crippen molar-refractivity contribution in [3.63, 3.8) is 0 Å². The zero-order chi connectivity index (χ0) is 28.5. The number of carboxylic acids is 1. The number of amides is 2. The van der Waals surface area contributed by atoms with Crippen LogP contribution in [0.5, 0.6) is 11.5 Å². The molecule has 1 aliphatic carbocycles. The van der Waals surface area contributed by atoms with Gasteiger partial charge in [-0.3, -0.25) is 9.59 Å². The molecule has 0 saturated heterocycles. The molecule has 3 aromatic carbocycles. The number of anilines is 2. The molecule has 3 aromatic rings. The highest BCUT2D eigenvalue weighted by Crippen LogP contribution is 2.33. The van der Waals surface area contributed by atoms with E-state index >= 15 is 0 Å². The van der Waals surface area contributed by atoms with Crippen LogP contribution in [0.3, 0.4) is 0 Å². The molecule has 2 amide bonds. The van der Waals surface area contributed by atoms with Crippen LogP contribution in [0, 0.1) is 11.3 Å². The molecule has 4 rings (SSSR count). The van der Waals surface area contributed by atoms with Crippen LogP contribution in [0.2, 0.25) is 5.02 Å². The summed E-state index contributed by atoms with van der Waals surface area (Å²) < 4.78 is 11.2. The number of nitrogens with one attached hydrogen (secondary N) is 4. The molecule has 0 aromatic heterocycles. The van der Waals surface area contributed by atoms with Crippen LogP contribution in [-0.4, -0.2) is 48.9 Å². The highest BCUT2D eigenvalue weighted by atomic mass is 35.5. The van der Waals surface area contributed by atoms with E-state index in [1.807, 2.05) is 0 Å². The minimum atomic E-state index is -1.17. The van der Waals surface area contributed by atoms with Crippen molar-refractivity contribution >= 4 is 47.0 Å². The Labute approximate surface area is 236 Å². The minimum Gasteiger partial charge on any atom is -0.480 e. The molecule has 0 bridgehead atoms. The average molecular weight is 565 g/mol. The van der Waals surface area contributed by atoms with Crippen LogP contribution in [0.1, 0.15) is 34.3 Å². The summed E-state index contributed by atoms with van der Waals surface area (Å²) in [6, 6.07) is 16.7. The van der Waals surface area contributed by atoms with E-state index in [0.29, 0.717) is 40.0 Å². The van der Waals surface area contributed by atoms with E-state index in [0.717, 1.165) is 12.8 Å². The normalized spacial score (nSPS) is 12.2. The molecule has 0 radical (unpaired) electrons. The van der Waals surface area contributed by atoms with Crippen LogP contribution in [0.4, 0.5) is 11.4 Å². The van der Waals surface area contributed by atoms with Gasteiger partial charge in [-0.1, -0.05) is 35.9 Å². The summed E-state index contributed by atoms with van der Waals surface area (Å²) in [4.78, 5) is 36.5. The van der Waals surface area contributed by atoms with Gasteiger partial charge in [0.1, 0.15) is 0 Å². The fourth-order valence-corrected chi connectivity index (χ4v) is 3.97. The summed E-state index contributed by atoms with van der Waals surface area (Å²) in [7, 11) is 0. The van der Waals surface area contributed by atoms with E-state index in [2.05, 4.69) is 16.0 Å². The number of carbonyl (C=O) groups is 3. The Morgan fingerprint density at radius 2 is 1.80 bits per heavy atom. The van der Waals surface area contributed by atoms with Gasteiger partial charge >= 0.3 is 5.97 Å². The lowest BCUT2D eigenvalue weighted by Crippen LogP contribution is -2.30. The molecule has 1 saturated carbocycles. The highest BCUT2D eigenvalue weighted by molar-refractivity contribution is 6.31. The molecule has 0 spiro atoms. The van der Waals surface area contributed by atoms with Crippen molar-refractivity contribution in [3.8, 4) is 11.5 Å². The Morgan fingerprint density at radius 1 is 1.02 bits per heavy atom. The first-order valence-corrected chi connectivity index (χ1v) is 13.0. The van der Waals surface area contributed by atoms with Crippen molar-refractivity contribution in [2.24, 2.45) is 5.92 Å². The molecule has 0 heterocycles. The lowest BCUT2D eigenvalue weighted by atomic mass is 10.1. The Morgan fingerprint density at radius 3 is 2.50 bits per heavy atom. The SMILES string of the molecule is N=Cc1ccc(NC(=O)c2cc(Cl)ccc2NCc2cccc(OCC(=O)NCC3CC3)c2OCC(=O)O)cc1. The van der Waals surface area contributed by atoms with E-state index < -0.39 is 18.5 Å². The molecule has 10 nitrogen and oxygen atoms in total. The van der Waals surface area contributed by atoms with Crippen molar-refractivity contribution in [1.82, 2.24) is 5.32 Å². The molecular weight excluding hydrogens is 536 g/mol. The topological polar surface area (TPSA) is 150 Å². The van der Waals surface area contributed by atoms with E-state index in [4.69, 9.17) is 26.5 Å². The maximum absolute atomic E-state index is 13.1. The Hall–Kier alpha value is -4.57. The van der Waals surface area contributed by atoms with E-state index in [9.17, 15) is 19.5 Å². The maximum atomic E-state index is 13.1. The standard InChI is InChI=1S/C29H29ClN4O6/c30-21-8-11-24(23(12-21)29(38)34-22-9-6-18(13-31)7-10-22)32-15-20-2-1-3-25(28(20)40-17-27(36)37)39-16-26(35)33-14-19-4-5-19/h1-3,6-13,19,31-32H,4-5,14-17H2,(H,33,35)(H,34,38)(H,36,37). The Bertz CT molecular complexity index is 1390. The average Bonchev–Trinajstić information content (AvgIpc) is 3.78. The van der Waals surface area contributed by atoms with Crippen molar-refractivity contribution in [2.75, 3.05) is 30.4 Å². The predicted molar refractivity (Wildman–Crippen MR) is 152 cm³/mol. The maximum Gasteiger partial charge on any atom is 0.341 e. The van der Waals surface area contributed by atoms with Gasteiger partial charge in [0.15, 0.2) is 24.7 Å². The van der Waals surface area contributed by atoms with Gasteiger partial charge in [0, 0.05) is 41.3 Å². The first-order chi connectivity index (χ1) is 19.3. The summed E-state index contributed by atoms with van der Waals surface area (Å²) in [6.45, 7) is -0.0848. The fraction of sp³-hybridized carbons (Fsp3) is 0.241. The van der Waals surface area contributed by atoms with Crippen LogP contribution in [-0.2, 0) is 16.1 Å². The van der Waals surface area contributed by atoms with E-state index in [1.165, 1.54) is 12.3 Å². The van der Waals surface area contributed by atoms with Crippen molar-refractivity contribution in [3.05, 3.63) is 82.4 Å². The van der Waals surface area contributed by atoms with Gasteiger partial charge in [-0.2, -0.15) is 0 Å². The van der Waals surface area contributed by atoms with E-state index in [1.54, 1.807) is 54.6 Å². The number of para-hydroxylation sites is 1. The molecule has 40 heavy (non-hydrogen) atoms. The molecule has 0 unspecified atom stereocenters. The monoisotopic (exact) mass is 564 g/mol. The number of carbonyl (C=O) groups excluding carboxylic acids is 2. The van der Waals surface area contributed by atoms with Crippen molar-refractivity contribution in [1.29, 1.82) is 5.41 Å². The largest absolute Gasteiger partial charge is 0.480 e. The number of halogens is 1. The number of rotatable bonds is 14. The second-order valence-corrected chi connectivity index (χ2v) is 9.66. The Kier molecular flexibility index (Phi) is 9.58. The van der Waals surface area contributed by atoms with E-state index in [-0.39, 0.29) is 36.1 Å². The number of benzene rings is 3. The first kappa shape index (κ1) is 28.4. The summed E-state index contributed by atoms with van der Waals surface area (Å²) in [5, 5.41) is 25.7. The van der Waals surface area contributed by atoms with Gasteiger partial charge in [-0.25, -0.2) is 4.79 Å². The second kappa shape index (κ2) is 13.5. The van der Waals surface area contributed by atoms with Crippen LogP contribution >= 0.6 is 11.6 Å². The summed E-state index contributed by atoms with van der Waals surface area (Å²) >= 11 is 6.18. The van der Waals surface area contributed by atoms with Crippen LogP contribution < -0.4 is 25.4 Å². The zero-order valence-electron chi connectivity index (χ0n) is 21.5.